The highest BCUT2D eigenvalue weighted by Crippen LogP contribution is 2.25. The number of aromatic amines is 1. The van der Waals surface area contributed by atoms with Gasteiger partial charge in [0.15, 0.2) is 0 Å². The minimum Gasteiger partial charge on any atom is -0.381 e. The lowest BCUT2D eigenvalue weighted by Gasteiger charge is -2.42. The largest absolute Gasteiger partial charge is 0.381 e. The molecule has 1 aromatic rings. The first-order valence-corrected chi connectivity index (χ1v) is 6.16. The number of hydrogen-bond acceptors (Lipinski definition) is 4. The summed E-state index contributed by atoms with van der Waals surface area (Å²) in [5.74, 6) is -0.0866. The van der Waals surface area contributed by atoms with Crippen molar-refractivity contribution in [2.24, 2.45) is 0 Å². The van der Waals surface area contributed by atoms with Gasteiger partial charge in [-0.1, -0.05) is 0 Å². The molecule has 2 N–H and O–H groups in total. The molecular formula is C12H20N4O2. The molecule has 0 atom stereocenters. The van der Waals surface area contributed by atoms with Gasteiger partial charge in [-0.25, -0.2) is 0 Å². The summed E-state index contributed by atoms with van der Waals surface area (Å²) in [6.07, 6.45) is 5.00. The molecule has 0 aromatic carbocycles. The molecule has 1 aliphatic heterocycles. The molecule has 0 saturated carbocycles. The summed E-state index contributed by atoms with van der Waals surface area (Å²) in [6, 6.07) is 0. The van der Waals surface area contributed by atoms with Gasteiger partial charge in [-0.05, 0) is 26.9 Å². The Kier molecular flexibility index (Phi) is 3.98. The molecule has 0 radical (unpaired) electrons. The number of H-pyrrole nitrogens is 1. The van der Waals surface area contributed by atoms with Crippen molar-refractivity contribution in [2.75, 3.05) is 33.9 Å². The Morgan fingerprint density at radius 3 is 2.83 bits per heavy atom. The maximum absolute atomic E-state index is 11.9. The van der Waals surface area contributed by atoms with Gasteiger partial charge in [0.1, 0.15) is 0 Å². The number of amides is 1. The van der Waals surface area contributed by atoms with E-state index in [0.717, 1.165) is 26.1 Å². The molecule has 100 valence electrons. The molecule has 1 saturated heterocycles. The van der Waals surface area contributed by atoms with E-state index in [0.29, 0.717) is 12.1 Å². The Labute approximate surface area is 107 Å². The zero-order chi connectivity index (χ0) is 13.0. The average molecular weight is 252 g/mol. The third-order valence-electron chi connectivity index (χ3n) is 3.71. The van der Waals surface area contributed by atoms with Crippen molar-refractivity contribution >= 4 is 5.91 Å². The van der Waals surface area contributed by atoms with E-state index < -0.39 is 0 Å². The summed E-state index contributed by atoms with van der Waals surface area (Å²) in [6.45, 7) is 2.13. The molecule has 2 rings (SSSR count). The first-order valence-electron chi connectivity index (χ1n) is 6.16. The van der Waals surface area contributed by atoms with Gasteiger partial charge in [-0.3, -0.25) is 9.89 Å². The minimum atomic E-state index is -0.0866. The number of carbonyl (C=O) groups is 1. The Morgan fingerprint density at radius 2 is 2.28 bits per heavy atom. The lowest BCUT2D eigenvalue weighted by molar-refractivity contribution is -0.00657. The second-order valence-electron chi connectivity index (χ2n) is 4.90. The monoisotopic (exact) mass is 252 g/mol. The molecule has 2 heterocycles. The second-order valence-corrected chi connectivity index (χ2v) is 4.90. The standard InChI is InChI=1S/C12H20N4O2/c1-16(2)12(3-5-18-6-4-12)9-13-11(17)10-7-14-15-8-10/h7-8H,3-6,9H2,1-2H3,(H,13,17)(H,14,15). The molecule has 1 amide bonds. The molecule has 0 spiro atoms. The third kappa shape index (κ3) is 2.70. The van der Waals surface area contributed by atoms with Crippen LogP contribution in [0.3, 0.4) is 0 Å². The fraction of sp³-hybridized carbons (Fsp3) is 0.667. The van der Waals surface area contributed by atoms with Crippen LogP contribution in [0.15, 0.2) is 12.4 Å². The molecule has 6 heteroatoms. The predicted molar refractivity (Wildman–Crippen MR) is 67.4 cm³/mol. The zero-order valence-electron chi connectivity index (χ0n) is 10.9. The number of likely N-dealkylation sites (N-methyl/N-ethyl adjacent to an activating group) is 1. The number of nitrogens with zero attached hydrogens (tertiary/aromatic N) is 2. The number of rotatable bonds is 4. The summed E-state index contributed by atoms with van der Waals surface area (Å²) in [5.41, 5.74) is 0.563. The van der Waals surface area contributed by atoms with Crippen LogP contribution in [-0.4, -0.2) is 60.4 Å². The van der Waals surface area contributed by atoms with Crippen molar-refractivity contribution in [1.82, 2.24) is 20.4 Å². The first kappa shape index (κ1) is 13.0. The number of carbonyl (C=O) groups excluding carboxylic acids is 1. The van der Waals surface area contributed by atoms with Crippen molar-refractivity contribution in [3.8, 4) is 0 Å². The maximum Gasteiger partial charge on any atom is 0.254 e. The summed E-state index contributed by atoms with van der Waals surface area (Å²) < 4.78 is 5.40. The Morgan fingerprint density at radius 1 is 1.56 bits per heavy atom. The van der Waals surface area contributed by atoms with Gasteiger partial charge in [0.05, 0.1) is 11.8 Å². The summed E-state index contributed by atoms with van der Waals surface area (Å²) in [5, 5.41) is 9.39. The van der Waals surface area contributed by atoms with Crippen LogP contribution >= 0.6 is 0 Å². The van der Waals surface area contributed by atoms with Crippen LogP contribution in [0.4, 0.5) is 0 Å². The third-order valence-corrected chi connectivity index (χ3v) is 3.71. The van der Waals surface area contributed by atoms with E-state index in [1.165, 1.54) is 6.20 Å². The van der Waals surface area contributed by atoms with E-state index in [2.05, 4.69) is 34.5 Å². The molecule has 0 bridgehead atoms. The quantitative estimate of drug-likeness (QED) is 0.806. The van der Waals surface area contributed by atoms with E-state index in [1.807, 2.05) is 0 Å². The number of hydrogen-bond donors (Lipinski definition) is 2. The highest BCUT2D eigenvalue weighted by molar-refractivity contribution is 5.93. The molecule has 0 unspecified atom stereocenters. The summed E-state index contributed by atoms with van der Waals surface area (Å²) in [4.78, 5) is 14.1. The van der Waals surface area contributed by atoms with Crippen molar-refractivity contribution in [3.05, 3.63) is 18.0 Å². The molecule has 0 aliphatic carbocycles. The molecule has 18 heavy (non-hydrogen) atoms. The second kappa shape index (κ2) is 5.49. The van der Waals surface area contributed by atoms with Crippen LogP contribution in [0.25, 0.3) is 0 Å². The van der Waals surface area contributed by atoms with Crippen LogP contribution in [-0.2, 0) is 4.74 Å². The molecule has 1 aliphatic rings. The van der Waals surface area contributed by atoms with Gasteiger partial charge in [-0.2, -0.15) is 5.10 Å². The van der Waals surface area contributed by atoms with E-state index in [-0.39, 0.29) is 11.4 Å². The normalized spacial score (nSPS) is 18.8. The highest BCUT2D eigenvalue weighted by Gasteiger charge is 2.35. The fourth-order valence-electron chi connectivity index (χ4n) is 2.26. The predicted octanol–water partition coefficient (Wildman–Crippen LogP) is 0.250. The fourth-order valence-corrected chi connectivity index (χ4v) is 2.26. The van der Waals surface area contributed by atoms with Gasteiger partial charge in [0.2, 0.25) is 0 Å². The van der Waals surface area contributed by atoms with Gasteiger partial charge in [-0.15, -0.1) is 0 Å². The Balaban J connectivity index is 1.96. The van der Waals surface area contributed by atoms with Crippen molar-refractivity contribution in [3.63, 3.8) is 0 Å². The Bertz CT molecular complexity index is 383. The van der Waals surface area contributed by atoms with Crippen molar-refractivity contribution in [2.45, 2.75) is 18.4 Å². The van der Waals surface area contributed by atoms with Crippen LogP contribution in [0, 0.1) is 0 Å². The summed E-state index contributed by atoms with van der Waals surface area (Å²) in [7, 11) is 4.10. The minimum absolute atomic E-state index is 0.00234. The summed E-state index contributed by atoms with van der Waals surface area (Å²) >= 11 is 0. The molecule has 1 aromatic heterocycles. The highest BCUT2D eigenvalue weighted by atomic mass is 16.5. The van der Waals surface area contributed by atoms with E-state index in [1.54, 1.807) is 6.20 Å². The van der Waals surface area contributed by atoms with E-state index in [9.17, 15) is 4.79 Å². The SMILES string of the molecule is CN(C)C1(CNC(=O)c2cn[nH]c2)CCOCC1. The lowest BCUT2D eigenvalue weighted by Crippen LogP contribution is -2.55. The topological polar surface area (TPSA) is 70.2 Å². The zero-order valence-corrected chi connectivity index (χ0v) is 10.9. The van der Waals surface area contributed by atoms with Crippen molar-refractivity contribution < 1.29 is 9.53 Å². The van der Waals surface area contributed by atoms with Crippen LogP contribution in [0.1, 0.15) is 23.2 Å². The van der Waals surface area contributed by atoms with Gasteiger partial charge < -0.3 is 15.0 Å². The van der Waals surface area contributed by atoms with Gasteiger partial charge in [0.25, 0.3) is 5.91 Å². The maximum atomic E-state index is 11.9. The van der Waals surface area contributed by atoms with Crippen LogP contribution < -0.4 is 5.32 Å². The Hall–Kier alpha value is -1.40. The van der Waals surface area contributed by atoms with E-state index >= 15 is 0 Å². The van der Waals surface area contributed by atoms with E-state index in [4.69, 9.17) is 4.74 Å². The van der Waals surface area contributed by atoms with Crippen molar-refractivity contribution in [1.29, 1.82) is 0 Å². The number of ether oxygens (including phenoxy) is 1. The van der Waals surface area contributed by atoms with Crippen LogP contribution in [0.2, 0.25) is 0 Å². The van der Waals surface area contributed by atoms with Crippen LogP contribution in [0.5, 0.6) is 0 Å². The van der Waals surface area contributed by atoms with Gasteiger partial charge in [0, 0.05) is 31.5 Å². The number of aromatic nitrogens is 2. The first-order chi connectivity index (χ1) is 8.64. The smallest absolute Gasteiger partial charge is 0.254 e. The molecule has 6 nitrogen and oxygen atoms in total. The molecular weight excluding hydrogens is 232 g/mol. The number of nitrogens with one attached hydrogen (secondary N) is 2. The molecule has 1 fully saturated rings. The lowest BCUT2D eigenvalue weighted by atomic mass is 9.88. The van der Waals surface area contributed by atoms with Gasteiger partial charge >= 0.3 is 0 Å². The average Bonchev–Trinajstić information content (AvgIpc) is 2.91.